The molecule has 22 heteroatoms. The number of carboxylic acids is 2. The van der Waals surface area contributed by atoms with Crippen LogP contribution in [0, 0.1) is 5.92 Å². The molecule has 7 N–H and O–H groups in total. The maximum absolute atomic E-state index is 13.4. The number of nitrogens with two attached hydrogens (primary N) is 1. The Morgan fingerprint density at radius 2 is 1.92 bits per heavy atom. The number of oxime groups is 1. The molecule has 260 valence electrons. The molecule has 3 aliphatic heterocycles. The lowest BCUT2D eigenvalue weighted by molar-refractivity contribution is -0.154. The van der Waals surface area contributed by atoms with E-state index >= 15 is 0 Å². The first kappa shape index (κ1) is 35.2. The number of ketones is 2. The largest absolute Gasteiger partial charge is 0.504 e. The van der Waals surface area contributed by atoms with E-state index in [-0.39, 0.29) is 36.0 Å². The summed E-state index contributed by atoms with van der Waals surface area (Å²) in [5.41, 5.74) is 6.91. The highest BCUT2D eigenvalue weighted by molar-refractivity contribution is 8.02. The summed E-state index contributed by atoms with van der Waals surface area (Å²) in [5.74, 6) is -9.29. The average molecular weight is 740 g/mol. The van der Waals surface area contributed by atoms with Crippen LogP contribution in [0.15, 0.2) is 22.7 Å². The predicted molar refractivity (Wildman–Crippen MR) is 168 cm³/mol. The number of urea groups is 1. The number of aromatic hydroxyl groups is 2. The number of Topliss-reactive ketones (excluding diaryl/α,β-unsaturated/α-hetero) is 2. The number of hydrogen-bond acceptors (Lipinski definition) is 15. The SMILES string of the molecule is CC[C@H](O/N=C(\C(=O)C[C@@H]1C(=O)N2C[C@@](C(=O)O)(N3CCN(NC(=O)C(=O)c4ccc(O)c(O)c4Cl)C3=O)S[C@H]12)c1csc(N)n1)C(=O)O. The third-order valence-corrected chi connectivity index (χ3v) is 10.7. The van der Waals surface area contributed by atoms with Crippen LogP contribution >= 0.6 is 34.7 Å². The number of nitrogen functional groups attached to an aromatic ring is 1. The number of carbonyl (C=O) groups excluding carboxylic acids is 5. The molecule has 5 rings (SSSR count). The molecule has 0 radical (unpaired) electrons. The highest BCUT2D eigenvalue weighted by Gasteiger charge is 2.66. The molecular formula is C27H26ClN7O12S2. The van der Waals surface area contributed by atoms with Crippen molar-refractivity contribution < 1.29 is 58.8 Å². The molecule has 3 fully saturated rings. The number of nitrogens with zero attached hydrogens (tertiary/aromatic N) is 5. The number of anilines is 1. The van der Waals surface area contributed by atoms with Crippen LogP contribution < -0.4 is 11.2 Å². The molecule has 4 atom stereocenters. The lowest BCUT2D eigenvalue weighted by atomic mass is 9.90. The standard InChI is InChI=1S/C27H26ClN7O12S2/c1-2-15(23(42)43)47-32-17(12-8-48-25(29)30-12)14(37)7-11-21(41)33-9-27(24(44)45,49-22(11)33)34-5-6-35(26(34)46)31-20(40)18(38)10-3-4-13(36)19(39)16(10)28/h3-4,8,11,15,22,36,39H,2,5-7,9H2,1H3,(H2,29,30)(H,31,40)(H,42,43)(H,44,45)/b32-17-/t11-,15+,22-,27-/m1/s1. The minimum Gasteiger partial charge on any atom is -0.504 e. The highest BCUT2D eigenvalue weighted by Crippen LogP contribution is 2.52. The Kier molecular flexibility index (Phi) is 9.61. The first-order chi connectivity index (χ1) is 23.1. The Hall–Kier alpha value is -5.15. The smallest absolute Gasteiger partial charge is 0.347 e. The second-order valence-electron chi connectivity index (χ2n) is 10.8. The molecule has 0 saturated carbocycles. The van der Waals surface area contributed by atoms with Gasteiger partial charge in [-0.05, 0) is 18.6 Å². The van der Waals surface area contributed by atoms with Gasteiger partial charge in [-0.15, -0.1) is 11.3 Å². The van der Waals surface area contributed by atoms with Gasteiger partial charge in [0, 0.05) is 18.3 Å². The van der Waals surface area contributed by atoms with Crippen LogP contribution in [-0.2, 0) is 28.8 Å². The summed E-state index contributed by atoms with van der Waals surface area (Å²) in [6.07, 6.45) is -1.84. The number of hydrogen-bond donors (Lipinski definition) is 6. The molecule has 1 aromatic carbocycles. The molecule has 49 heavy (non-hydrogen) atoms. The third kappa shape index (κ3) is 6.26. The number of amides is 4. The van der Waals surface area contributed by atoms with E-state index in [1.165, 1.54) is 17.2 Å². The molecule has 0 aliphatic carbocycles. The number of phenols is 2. The molecule has 3 aliphatic rings. The number of carboxylic acid groups (broad SMARTS) is 2. The zero-order valence-corrected chi connectivity index (χ0v) is 27.5. The lowest BCUT2D eigenvalue weighted by Crippen LogP contribution is -2.60. The zero-order chi connectivity index (χ0) is 35.9. The van der Waals surface area contributed by atoms with Crippen LogP contribution in [0.2, 0.25) is 5.02 Å². The molecule has 2 aromatic rings. The Balaban J connectivity index is 1.30. The number of β-lactam (4-membered cyclic amide) rings is 1. The van der Waals surface area contributed by atoms with Crippen molar-refractivity contribution in [1.29, 1.82) is 0 Å². The number of aliphatic carboxylic acids is 2. The summed E-state index contributed by atoms with van der Waals surface area (Å²) < 4.78 is 0. The minimum atomic E-state index is -2.04. The number of nitrogens with one attached hydrogen (secondary N) is 1. The molecule has 1 aromatic heterocycles. The topological polar surface area (TPSA) is 283 Å². The molecular weight excluding hydrogens is 714 g/mol. The zero-order valence-electron chi connectivity index (χ0n) is 25.1. The van der Waals surface area contributed by atoms with E-state index in [4.69, 9.17) is 22.2 Å². The summed E-state index contributed by atoms with van der Waals surface area (Å²) in [4.78, 5) is 98.6. The lowest BCUT2D eigenvalue weighted by Gasteiger charge is -2.40. The molecule has 4 heterocycles. The number of halogens is 1. The van der Waals surface area contributed by atoms with Crippen LogP contribution in [-0.4, -0.2) is 123 Å². The number of rotatable bonds is 13. The number of aromatic nitrogens is 1. The van der Waals surface area contributed by atoms with Crippen molar-refractivity contribution in [3.05, 3.63) is 33.8 Å². The van der Waals surface area contributed by atoms with Crippen molar-refractivity contribution in [3.63, 3.8) is 0 Å². The second kappa shape index (κ2) is 13.4. The van der Waals surface area contributed by atoms with E-state index in [9.17, 15) is 54.0 Å². The average Bonchev–Trinajstić information content (AvgIpc) is 3.76. The normalized spacial score (nSPS) is 22.4. The van der Waals surface area contributed by atoms with Crippen molar-refractivity contribution in [3.8, 4) is 11.5 Å². The summed E-state index contributed by atoms with van der Waals surface area (Å²) in [6, 6.07) is 0.914. The first-order valence-electron chi connectivity index (χ1n) is 14.2. The van der Waals surface area contributed by atoms with Crippen molar-refractivity contribution in [2.75, 3.05) is 25.4 Å². The number of thiazole rings is 1. The van der Waals surface area contributed by atoms with Gasteiger partial charge in [0.05, 0.1) is 35.0 Å². The summed E-state index contributed by atoms with van der Waals surface area (Å²) >= 11 is 7.58. The maximum atomic E-state index is 13.4. The Morgan fingerprint density at radius 1 is 1.20 bits per heavy atom. The van der Waals surface area contributed by atoms with Gasteiger partial charge in [0.1, 0.15) is 5.69 Å². The molecule has 4 amide bonds. The highest BCUT2D eigenvalue weighted by atomic mass is 35.5. The second-order valence-corrected chi connectivity index (χ2v) is 13.5. The third-order valence-electron chi connectivity index (χ3n) is 7.86. The van der Waals surface area contributed by atoms with Gasteiger partial charge in [-0.2, -0.15) is 0 Å². The molecule has 0 unspecified atom stereocenters. The summed E-state index contributed by atoms with van der Waals surface area (Å²) in [6.45, 7) is 0.573. The van der Waals surface area contributed by atoms with Gasteiger partial charge in [0.2, 0.25) is 16.9 Å². The van der Waals surface area contributed by atoms with E-state index in [2.05, 4.69) is 15.6 Å². The van der Waals surface area contributed by atoms with E-state index in [0.717, 1.165) is 40.1 Å². The maximum Gasteiger partial charge on any atom is 0.347 e. The van der Waals surface area contributed by atoms with Gasteiger partial charge in [0.25, 0.3) is 5.78 Å². The van der Waals surface area contributed by atoms with E-state index in [1.807, 2.05) is 0 Å². The molecule has 0 spiro atoms. The van der Waals surface area contributed by atoms with E-state index in [0.29, 0.717) is 5.01 Å². The Labute approximate surface area is 288 Å². The number of fused-ring (bicyclic) bond motifs is 1. The number of phenolic OH excluding ortho intramolecular Hbond substituents is 2. The van der Waals surface area contributed by atoms with Crippen molar-refractivity contribution in [2.24, 2.45) is 11.1 Å². The van der Waals surface area contributed by atoms with Gasteiger partial charge in [0.15, 0.2) is 28.1 Å². The van der Waals surface area contributed by atoms with Crippen LogP contribution in [0.4, 0.5) is 9.93 Å². The first-order valence-corrected chi connectivity index (χ1v) is 16.3. The van der Waals surface area contributed by atoms with Crippen LogP contribution in [0.25, 0.3) is 0 Å². The van der Waals surface area contributed by atoms with Gasteiger partial charge in [-0.1, -0.05) is 35.4 Å². The van der Waals surface area contributed by atoms with Gasteiger partial charge in [-0.3, -0.25) is 29.5 Å². The number of carbonyl (C=O) groups is 7. The van der Waals surface area contributed by atoms with E-state index in [1.54, 1.807) is 0 Å². The fourth-order valence-electron chi connectivity index (χ4n) is 5.29. The quantitative estimate of drug-likeness (QED) is 0.0402. The van der Waals surface area contributed by atoms with Crippen molar-refractivity contribution in [1.82, 2.24) is 25.2 Å². The van der Waals surface area contributed by atoms with Crippen molar-refractivity contribution in [2.45, 2.75) is 36.1 Å². The van der Waals surface area contributed by atoms with Gasteiger partial charge < -0.3 is 35.9 Å². The van der Waals surface area contributed by atoms with Gasteiger partial charge >= 0.3 is 23.9 Å². The van der Waals surface area contributed by atoms with E-state index < -0.39 is 98.7 Å². The number of benzene rings is 1. The fourth-order valence-corrected chi connectivity index (χ4v) is 7.78. The molecule has 19 nitrogen and oxygen atoms in total. The monoisotopic (exact) mass is 739 g/mol. The van der Waals surface area contributed by atoms with Crippen LogP contribution in [0.5, 0.6) is 11.5 Å². The van der Waals surface area contributed by atoms with Crippen LogP contribution in [0.1, 0.15) is 35.8 Å². The fraction of sp³-hybridized carbons (Fsp3) is 0.370. The number of hydrazine groups is 1. The van der Waals surface area contributed by atoms with Crippen LogP contribution in [0.3, 0.4) is 0 Å². The summed E-state index contributed by atoms with van der Waals surface area (Å²) in [5, 5.41) is 43.4. The molecule has 0 bridgehead atoms. The Morgan fingerprint density at radius 3 is 2.53 bits per heavy atom. The van der Waals surface area contributed by atoms with Crippen molar-refractivity contribution >= 4 is 86.9 Å². The van der Waals surface area contributed by atoms with Gasteiger partial charge in [-0.25, -0.2) is 24.4 Å². The Bertz CT molecular complexity index is 1820. The summed E-state index contributed by atoms with van der Waals surface area (Å²) in [7, 11) is 0. The minimum absolute atomic E-state index is 0.0110. The predicted octanol–water partition coefficient (Wildman–Crippen LogP) is 0.297. The molecule has 3 saturated heterocycles. The number of thioether (sulfide) groups is 1.